The molecule has 6 heteroatoms. The summed E-state index contributed by atoms with van der Waals surface area (Å²) < 4.78 is 0. The van der Waals surface area contributed by atoms with Gasteiger partial charge in [0.25, 0.3) is 5.91 Å². The summed E-state index contributed by atoms with van der Waals surface area (Å²) in [6.45, 7) is 1.69. The normalized spacial score (nSPS) is 13.1. The van der Waals surface area contributed by atoms with Crippen LogP contribution in [0.3, 0.4) is 0 Å². The number of carbonyl (C=O) groups is 2. The Hall–Kier alpha value is -2.94. The first-order valence-electron chi connectivity index (χ1n) is 6.85. The van der Waals surface area contributed by atoms with Crippen LogP contribution < -0.4 is 11.1 Å². The number of para-hydroxylation sites is 1. The van der Waals surface area contributed by atoms with Gasteiger partial charge in [0, 0.05) is 18.0 Å². The lowest BCUT2D eigenvalue weighted by atomic mass is 9.98. The molecule has 6 nitrogen and oxygen atoms in total. The van der Waals surface area contributed by atoms with Crippen LogP contribution >= 0.6 is 0 Å². The van der Waals surface area contributed by atoms with Crippen LogP contribution in [-0.2, 0) is 4.79 Å². The number of hydrogen-bond acceptors (Lipinski definition) is 4. The molecule has 2 aromatic rings. The average molecular weight is 296 g/mol. The number of nitrogens with one attached hydrogen (secondary N) is 1. The van der Waals surface area contributed by atoms with Crippen molar-refractivity contribution >= 4 is 22.7 Å². The number of aromatic nitrogens is 1. The number of rotatable bonds is 5. The van der Waals surface area contributed by atoms with Crippen LogP contribution in [0.4, 0.5) is 0 Å². The van der Waals surface area contributed by atoms with Crippen molar-refractivity contribution in [3.8, 4) is 6.07 Å². The molecular formula is C16H16N4O2. The van der Waals surface area contributed by atoms with E-state index in [0.29, 0.717) is 5.56 Å². The van der Waals surface area contributed by atoms with E-state index in [1.165, 1.54) is 6.20 Å². The molecule has 3 N–H and O–H groups in total. The van der Waals surface area contributed by atoms with Gasteiger partial charge in [-0.1, -0.05) is 25.1 Å². The van der Waals surface area contributed by atoms with Gasteiger partial charge in [0.05, 0.1) is 17.1 Å². The second-order valence-corrected chi connectivity index (χ2v) is 5.11. The molecule has 0 unspecified atom stereocenters. The first kappa shape index (κ1) is 15.4. The van der Waals surface area contributed by atoms with Gasteiger partial charge in [-0.15, -0.1) is 0 Å². The number of pyridine rings is 1. The third-order valence-electron chi connectivity index (χ3n) is 3.43. The number of fused-ring (bicyclic) bond motifs is 1. The largest absolute Gasteiger partial charge is 0.368 e. The summed E-state index contributed by atoms with van der Waals surface area (Å²) in [6, 6.07) is 10.2. The molecule has 0 aliphatic carbocycles. The molecular weight excluding hydrogens is 280 g/mol. The highest BCUT2D eigenvalue weighted by Gasteiger charge is 2.25. The van der Waals surface area contributed by atoms with E-state index >= 15 is 0 Å². The first-order valence-corrected chi connectivity index (χ1v) is 6.85. The fourth-order valence-electron chi connectivity index (χ4n) is 2.18. The lowest BCUT2D eigenvalue weighted by Crippen LogP contribution is -2.48. The van der Waals surface area contributed by atoms with Crippen LogP contribution in [-0.4, -0.2) is 22.8 Å². The molecule has 2 rings (SSSR count). The Morgan fingerprint density at radius 1 is 1.41 bits per heavy atom. The monoisotopic (exact) mass is 296 g/mol. The van der Waals surface area contributed by atoms with Gasteiger partial charge in [0.2, 0.25) is 5.91 Å². The fraction of sp³-hybridized carbons (Fsp3) is 0.250. The second kappa shape index (κ2) is 6.68. The summed E-state index contributed by atoms with van der Waals surface area (Å²) in [7, 11) is 0. The molecule has 0 aliphatic rings. The smallest absolute Gasteiger partial charge is 0.253 e. The van der Waals surface area contributed by atoms with Crippen molar-refractivity contribution in [3.05, 3.63) is 42.1 Å². The Morgan fingerprint density at radius 2 is 2.14 bits per heavy atom. The van der Waals surface area contributed by atoms with Gasteiger partial charge in [-0.25, -0.2) is 0 Å². The average Bonchev–Trinajstić information content (AvgIpc) is 2.51. The highest BCUT2D eigenvalue weighted by atomic mass is 16.2. The van der Waals surface area contributed by atoms with Crippen LogP contribution in [0.25, 0.3) is 10.9 Å². The Morgan fingerprint density at radius 3 is 2.82 bits per heavy atom. The minimum Gasteiger partial charge on any atom is -0.368 e. The zero-order chi connectivity index (χ0) is 16.1. The van der Waals surface area contributed by atoms with Gasteiger partial charge < -0.3 is 11.1 Å². The summed E-state index contributed by atoms with van der Waals surface area (Å²) >= 11 is 0. The number of carbonyl (C=O) groups excluding carboxylic acids is 2. The minimum absolute atomic E-state index is 0.129. The van der Waals surface area contributed by atoms with Gasteiger partial charge in [-0.05, 0) is 18.1 Å². The van der Waals surface area contributed by atoms with Crippen molar-refractivity contribution < 1.29 is 9.59 Å². The van der Waals surface area contributed by atoms with E-state index in [1.807, 2.05) is 30.3 Å². The van der Waals surface area contributed by atoms with Gasteiger partial charge >= 0.3 is 0 Å². The molecule has 0 saturated heterocycles. The van der Waals surface area contributed by atoms with E-state index in [0.717, 1.165) is 10.9 Å². The van der Waals surface area contributed by atoms with Gasteiger partial charge in [0.15, 0.2) is 0 Å². The Labute approximate surface area is 127 Å². The molecule has 2 amide bonds. The predicted molar refractivity (Wildman–Crippen MR) is 81.6 cm³/mol. The molecule has 22 heavy (non-hydrogen) atoms. The number of primary amides is 1. The molecule has 0 saturated carbocycles. The van der Waals surface area contributed by atoms with Crippen molar-refractivity contribution in [1.29, 1.82) is 5.26 Å². The van der Waals surface area contributed by atoms with Crippen molar-refractivity contribution in [3.63, 3.8) is 0 Å². The van der Waals surface area contributed by atoms with Gasteiger partial charge in [-0.3, -0.25) is 14.6 Å². The lowest BCUT2D eigenvalue weighted by Gasteiger charge is -2.20. The third kappa shape index (κ3) is 3.38. The molecule has 0 spiro atoms. The number of amides is 2. The SMILES string of the molecule is C[C@H](CC#N)[C@H](NC(=O)c1cnc2ccccc2c1)C(N)=O. The van der Waals surface area contributed by atoms with E-state index in [4.69, 9.17) is 11.0 Å². The quantitative estimate of drug-likeness (QED) is 0.868. The van der Waals surface area contributed by atoms with E-state index in [1.54, 1.807) is 13.0 Å². The number of hydrogen-bond donors (Lipinski definition) is 2. The minimum atomic E-state index is -0.890. The fourth-order valence-corrected chi connectivity index (χ4v) is 2.18. The molecule has 0 fully saturated rings. The summed E-state index contributed by atoms with van der Waals surface area (Å²) in [6.07, 6.45) is 1.58. The first-order chi connectivity index (χ1) is 10.5. The van der Waals surface area contributed by atoms with E-state index in [2.05, 4.69) is 10.3 Å². The topological polar surface area (TPSA) is 109 Å². The van der Waals surface area contributed by atoms with Crippen LogP contribution in [0.15, 0.2) is 36.5 Å². The zero-order valence-corrected chi connectivity index (χ0v) is 12.1. The molecule has 1 aromatic carbocycles. The van der Waals surface area contributed by atoms with Gasteiger partial charge in [0.1, 0.15) is 6.04 Å². The van der Waals surface area contributed by atoms with Gasteiger partial charge in [-0.2, -0.15) is 5.26 Å². The van der Waals surface area contributed by atoms with Crippen LogP contribution in [0.2, 0.25) is 0 Å². The summed E-state index contributed by atoms with van der Waals surface area (Å²) in [5.74, 6) is -1.46. The van der Waals surface area contributed by atoms with Crippen molar-refractivity contribution in [2.45, 2.75) is 19.4 Å². The van der Waals surface area contributed by atoms with Crippen molar-refractivity contribution in [2.75, 3.05) is 0 Å². The van der Waals surface area contributed by atoms with Crippen LogP contribution in [0.5, 0.6) is 0 Å². The van der Waals surface area contributed by atoms with E-state index in [-0.39, 0.29) is 12.3 Å². The molecule has 0 bridgehead atoms. The Kier molecular flexibility index (Phi) is 4.69. The molecule has 2 atom stereocenters. The molecule has 0 radical (unpaired) electrons. The van der Waals surface area contributed by atoms with Crippen molar-refractivity contribution in [2.24, 2.45) is 11.7 Å². The molecule has 0 aliphatic heterocycles. The van der Waals surface area contributed by atoms with Crippen LogP contribution in [0.1, 0.15) is 23.7 Å². The second-order valence-electron chi connectivity index (χ2n) is 5.11. The number of benzene rings is 1. The predicted octanol–water partition coefficient (Wildman–Crippen LogP) is 1.37. The number of nitrogens with zero attached hydrogens (tertiary/aromatic N) is 2. The Balaban J connectivity index is 2.21. The summed E-state index contributed by atoms with van der Waals surface area (Å²) in [4.78, 5) is 28.0. The van der Waals surface area contributed by atoms with Crippen molar-refractivity contribution in [1.82, 2.24) is 10.3 Å². The molecule has 112 valence electrons. The third-order valence-corrected chi connectivity index (χ3v) is 3.43. The number of nitrogens with two attached hydrogens (primary N) is 1. The van der Waals surface area contributed by atoms with E-state index < -0.39 is 17.9 Å². The van der Waals surface area contributed by atoms with E-state index in [9.17, 15) is 9.59 Å². The number of nitriles is 1. The summed E-state index contributed by atoms with van der Waals surface area (Å²) in [5, 5.41) is 12.1. The maximum Gasteiger partial charge on any atom is 0.253 e. The zero-order valence-electron chi connectivity index (χ0n) is 12.1. The molecule has 1 aromatic heterocycles. The molecule has 1 heterocycles. The maximum atomic E-state index is 12.3. The highest BCUT2D eigenvalue weighted by Crippen LogP contribution is 2.14. The Bertz CT molecular complexity index is 751. The summed E-state index contributed by atoms with van der Waals surface area (Å²) in [5.41, 5.74) is 6.43. The lowest BCUT2D eigenvalue weighted by molar-refractivity contribution is -0.120. The standard InChI is InChI=1S/C16H16N4O2/c1-10(6-7-17)14(15(18)21)20-16(22)12-8-11-4-2-3-5-13(11)19-9-12/h2-5,8-10,14H,6H2,1H3,(H2,18,21)(H,20,22)/t10-,14+/m1/s1. The maximum absolute atomic E-state index is 12.3. The van der Waals surface area contributed by atoms with Crippen LogP contribution in [0, 0.1) is 17.2 Å². The highest BCUT2D eigenvalue weighted by molar-refractivity contribution is 5.99.